The van der Waals surface area contributed by atoms with Crippen molar-refractivity contribution in [1.29, 1.82) is 0 Å². The molecule has 0 amide bonds. The average Bonchev–Trinajstić information content (AvgIpc) is 3.50. The van der Waals surface area contributed by atoms with Gasteiger partial charge in [0.25, 0.3) is 0 Å². The highest BCUT2D eigenvalue weighted by atomic mass is 127. The fourth-order valence-corrected chi connectivity index (χ4v) is 5.42. The fourth-order valence-electron chi connectivity index (χ4n) is 3.20. The average molecular weight is 513 g/mol. The lowest BCUT2D eigenvalue weighted by Crippen LogP contribution is -2.18. The molecule has 2 aromatic heterocycles. The second-order valence-corrected chi connectivity index (χ2v) is 8.34. The molecular weight excluding hydrogens is 501 g/mol. The largest absolute Gasteiger partial charge is 0.461 e. The van der Waals surface area contributed by atoms with E-state index in [9.17, 15) is 9.59 Å². The van der Waals surface area contributed by atoms with Crippen LogP contribution in [-0.2, 0) is 0 Å². The van der Waals surface area contributed by atoms with Gasteiger partial charge >= 0.3 is 0 Å². The standard InChI is InChI=1S/C22H12INO4S/c23-24-15-11-13-5-1-2-6-14(13)12-18(15)29-22(24)19(20(25)16-7-3-9-27-16)21(26)17-8-4-10-28-17/h1-12H. The number of carbonyl (C=O) groups excluding carboxylic acids is 2. The first-order valence-corrected chi connectivity index (χ1v) is 10.5. The Kier molecular flexibility index (Phi) is 4.56. The van der Waals surface area contributed by atoms with E-state index in [4.69, 9.17) is 8.83 Å². The molecule has 3 heterocycles. The van der Waals surface area contributed by atoms with Crippen LogP contribution in [0.3, 0.4) is 0 Å². The maximum Gasteiger partial charge on any atom is 0.234 e. The molecule has 7 heteroatoms. The molecule has 0 saturated carbocycles. The van der Waals surface area contributed by atoms with E-state index in [1.54, 1.807) is 24.3 Å². The molecule has 0 bridgehead atoms. The Hall–Kier alpha value is -2.78. The smallest absolute Gasteiger partial charge is 0.234 e. The maximum atomic E-state index is 13.2. The van der Waals surface area contributed by atoms with E-state index in [-0.39, 0.29) is 17.1 Å². The topological polar surface area (TPSA) is 63.7 Å². The summed E-state index contributed by atoms with van der Waals surface area (Å²) in [5.41, 5.74) is 0.954. The summed E-state index contributed by atoms with van der Waals surface area (Å²) in [6.07, 6.45) is 2.83. The second kappa shape index (κ2) is 7.23. The van der Waals surface area contributed by atoms with Crippen LogP contribution in [0.2, 0.25) is 0 Å². The normalized spacial score (nSPS) is 13.0. The van der Waals surface area contributed by atoms with Gasteiger partial charge in [0.05, 0.1) is 41.1 Å². The summed E-state index contributed by atoms with van der Waals surface area (Å²) in [5, 5.41) is 2.73. The number of Topliss-reactive ketones (excluding diaryl/α,β-unsaturated/α-hetero) is 2. The Morgan fingerprint density at radius 2 is 1.41 bits per heavy atom. The van der Waals surface area contributed by atoms with Crippen LogP contribution in [0.15, 0.2) is 97.5 Å². The molecule has 4 aromatic rings. The van der Waals surface area contributed by atoms with Crippen LogP contribution in [0.1, 0.15) is 21.1 Å². The van der Waals surface area contributed by atoms with Crippen molar-refractivity contribution in [2.45, 2.75) is 4.90 Å². The summed E-state index contributed by atoms with van der Waals surface area (Å²) in [4.78, 5) is 27.4. The van der Waals surface area contributed by atoms with Gasteiger partial charge in [-0.25, -0.2) is 0 Å². The molecule has 29 heavy (non-hydrogen) atoms. The quantitative estimate of drug-likeness (QED) is 0.0801. The lowest BCUT2D eigenvalue weighted by Gasteiger charge is -2.14. The number of hydrogen-bond acceptors (Lipinski definition) is 6. The van der Waals surface area contributed by atoms with E-state index >= 15 is 0 Å². The van der Waals surface area contributed by atoms with Crippen LogP contribution >= 0.6 is 34.6 Å². The lowest BCUT2D eigenvalue weighted by atomic mass is 10.0. The van der Waals surface area contributed by atoms with E-state index in [2.05, 4.69) is 35.0 Å². The first kappa shape index (κ1) is 18.3. The second-order valence-electron chi connectivity index (χ2n) is 6.34. The van der Waals surface area contributed by atoms with Crippen molar-refractivity contribution in [2.75, 3.05) is 3.11 Å². The molecule has 0 unspecified atom stereocenters. The summed E-state index contributed by atoms with van der Waals surface area (Å²) >= 11 is 3.52. The minimum Gasteiger partial charge on any atom is -0.461 e. The molecule has 0 radical (unpaired) electrons. The van der Waals surface area contributed by atoms with Crippen LogP contribution in [0.5, 0.6) is 0 Å². The van der Waals surface area contributed by atoms with Crippen molar-refractivity contribution in [3.8, 4) is 0 Å². The molecule has 0 spiro atoms. The molecule has 0 atom stereocenters. The number of thioether (sulfide) groups is 1. The molecule has 0 N–H and O–H groups in total. The van der Waals surface area contributed by atoms with Crippen molar-refractivity contribution >= 4 is 62.7 Å². The Morgan fingerprint density at radius 3 is 1.97 bits per heavy atom. The van der Waals surface area contributed by atoms with Crippen LogP contribution in [0, 0.1) is 0 Å². The Bertz CT molecular complexity index is 1230. The molecule has 0 fully saturated rings. The van der Waals surface area contributed by atoms with Gasteiger partial charge in [-0.15, -0.1) is 0 Å². The molecule has 1 aliphatic heterocycles. The van der Waals surface area contributed by atoms with Gasteiger partial charge in [-0.05, 0) is 47.2 Å². The minimum absolute atomic E-state index is 0.0227. The van der Waals surface area contributed by atoms with Crippen LogP contribution in [0.4, 0.5) is 5.69 Å². The van der Waals surface area contributed by atoms with Gasteiger partial charge in [0.15, 0.2) is 11.5 Å². The number of carbonyl (C=O) groups is 2. The SMILES string of the molecule is O=C(C(C(=O)c1ccco1)=C1Sc2cc3ccccc3cc2N1I)c1ccco1. The van der Waals surface area contributed by atoms with Crippen molar-refractivity contribution in [2.24, 2.45) is 0 Å². The Balaban J connectivity index is 1.68. The van der Waals surface area contributed by atoms with Crippen molar-refractivity contribution in [3.05, 3.63) is 95.3 Å². The Labute approximate surface area is 183 Å². The Morgan fingerprint density at radius 1 is 0.828 bits per heavy atom. The number of halogens is 1. The van der Waals surface area contributed by atoms with Gasteiger partial charge in [-0.1, -0.05) is 36.0 Å². The minimum atomic E-state index is -0.474. The first-order valence-electron chi connectivity index (χ1n) is 8.71. The molecule has 5 nitrogen and oxygen atoms in total. The van der Waals surface area contributed by atoms with Crippen LogP contribution < -0.4 is 3.11 Å². The van der Waals surface area contributed by atoms with Crippen molar-refractivity contribution in [1.82, 2.24) is 0 Å². The highest BCUT2D eigenvalue weighted by molar-refractivity contribution is 14.1. The van der Waals surface area contributed by atoms with Crippen LogP contribution in [-0.4, -0.2) is 11.6 Å². The predicted molar refractivity (Wildman–Crippen MR) is 119 cm³/mol. The lowest BCUT2D eigenvalue weighted by molar-refractivity contribution is 0.0933. The molecule has 142 valence electrons. The van der Waals surface area contributed by atoms with Crippen molar-refractivity contribution < 1.29 is 18.4 Å². The van der Waals surface area contributed by atoms with E-state index < -0.39 is 11.6 Å². The number of anilines is 1. The zero-order valence-electron chi connectivity index (χ0n) is 14.8. The van der Waals surface area contributed by atoms with Gasteiger partial charge in [0.1, 0.15) is 10.6 Å². The van der Waals surface area contributed by atoms with E-state index in [0.29, 0.717) is 5.03 Å². The number of hydrogen-bond donors (Lipinski definition) is 0. The number of rotatable bonds is 4. The number of nitrogens with zero attached hydrogens (tertiary/aromatic N) is 1. The summed E-state index contributed by atoms with van der Waals surface area (Å²) < 4.78 is 12.4. The first-order chi connectivity index (χ1) is 14.1. The third-order valence-electron chi connectivity index (χ3n) is 4.58. The van der Waals surface area contributed by atoms with E-state index in [1.807, 2.05) is 27.4 Å². The van der Waals surface area contributed by atoms with Crippen LogP contribution in [0.25, 0.3) is 10.8 Å². The molecule has 2 aromatic carbocycles. The summed E-state index contributed by atoms with van der Waals surface area (Å²) in [7, 11) is 0. The highest BCUT2D eigenvalue weighted by Gasteiger charge is 2.35. The zero-order valence-corrected chi connectivity index (χ0v) is 17.8. The van der Waals surface area contributed by atoms with Gasteiger partial charge in [0.2, 0.25) is 11.6 Å². The molecular formula is C22H12INO4S. The third-order valence-corrected chi connectivity index (χ3v) is 7.04. The molecule has 5 rings (SSSR count). The number of benzene rings is 2. The summed E-state index contributed by atoms with van der Waals surface area (Å²) in [6.45, 7) is 0. The monoisotopic (exact) mass is 513 g/mol. The number of ketones is 2. The van der Waals surface area contributed by atoms with Gasteiger partial charge in [0, 0.05) is 4.90 Å². The maximum absolute atomic E-state index is 13.2. The third kappa shape index (κ3) is 3.10. The van der Waals surface area contributed by atoms with Crippen molar-refractivity contribution in [3.63, 3.8) is 0 Å². The number of fused-ring (bicyclic) bond motifs is 2. The molecule has 0 aliphatic carbocycles. The van der Waals surface area contributed by atoms with E-state index in [0.717, 1.165) is 21.4 Å². The molecule has 1 aliphatic rings. The van der Waals surface area contributed by atoms with E-state index in [1.165, 1.54) is 24.3 Å². The summed E-state index contributed by atoms with van der Waals surface area (Å²) in [6, 6.07) is 18.5. The zero-order chi connectivity index (χ0) is 20.0. The summed E-state index contributed by atoms with van der Waals surface area (Å²) in [5.74, 6) is -0.728. The highest BCUT2D eigenvalue weighted by Crippen LogP contribution is 2.51. The number of furan rings is 2. The van der Waals surface area contributed by atoms with Gasteiger partial charge in [-0.3, -0.25) is 12.7 Å². The number of allylic oxidation sites excluding steroid dienone is 1. The predicted octanol–water partition coefficient (Wildman–Crippen LogP) is 6.27. The van der Waals surface area contributed by atoms with Gasteiger partial charge < -0.3 is 8.83 Å². The molecule has 0 saturated heterocycles. The van der Waals surface area contributed by atoms with Gasteiger partial charge in [-0.2, -0.15) is 0 Å². The fraction of sp³-hybridized carbons (Fsp3) is 0.